The summed E-state index contributed by atoms with van der Waals surface area (Å²) in [6.45, 7) is 0.892. The molecule has 1 fully saturated rings. The van der Waals surface area contributed by atoms with Gasteiger partial charge in [-0.25, -0.2) is 0 Å². The van der Waals surface area contributed by atoms with Gasteiger partial charge in [-0.2, -0.15) is 0 Å². The highest BCUT2D eigenvalue weighted by Gasteiger charge is 2.29. The van der Waals surface area contributed by atoms with Crippen LogP contribution < -0.4 is 0 Å². The maximum atomic E-state index is 11.7. The summed E-state index contributed by atoms with van der Waals surface area (Å²) in [4.78, 5) is 14.7. The minimum Gasteiger partial charge on any atom is -0.345 e. The topological polar surface area (TPSA) is 20.3 Å². The number of amides is 1. The van der Waals surface area contributed by atoms with Gasteiger partial charge in [0, 0.05) is 18.5 Å². The van der Waals surface area contributed by atoms with Gasteiger partial charge in [-0.15, -0.1) is 11.8 Å². The van der Waals surface area contributed by atoms with Crippen molar-refractivity contribution >= 4 is 17.7 Å². The summed E-state index contributed by atoms with van der Waals surface area (Å²) in [6, 6.07) is 0. The van der Waals surface area contributed by atoms with Crippen molar-refractivity contribution < 1.29 is 4.79 Å². The van der Waals surface area contributed by atoms with E-state index in [0.29, 0.717) is 0 Å². The van der Waals surface area contributed by atoms with Gasteiger partial charge in [-0.05, 0) is 18.9 Å². The summed E-state index contributed by atoms with van der Waals surface area (Å²) in [7, 11) is 1.88. The number of hydrogen-bond acceptors (Lipinski definition) is 2. The third-order valence-corrected chi connectivity index (χ3v) is 3.87. The highest BCUT2D eigenvalue weighted by Crippen LogP contribution is 2.30. The van der Waals surface area contributed by atoms with E-state index in [1.165, 1.54) is 4.91 Å². The Balaban J connectivity index is 2.00. The summed E-state index contributed by atoms with van der Waals surface area (Å²) in [5, 5.41) is 0.123. The monoisotopic (exact) mass is 221 g/mol. The molecular weight excluding hydrogens is 206 g/mol. The van der Waals surface area contributed by atoms with Crippen LogP contribution in [-0.4, -0.2) is 29.6 Å². The molecule has 1 atom stereocenters. The minimum absolute atomic E-state index is 0.123. The van der Waals surface area contributed by atoms with Crippen molar-refractivity contribution in [3.63, 3.8) is 0 Å². The van der Waals surface area contributed by atoms with E-state index < -0.39 is 0 Å². The lowest BCUT2D eigenvalue weighted by molar-refractivity contribution is -0.126. The smallest absolute Gasteiger partial charge is 0.235 e. The molecule has 1 heterocycles. The van der Waals surface area contributed by atoms with Crippen LogP contribution in [0.5, 0.6) is 0 Å². The van der Waals surface area contributed by atoms with Crippen LogP contribution in [0.2, 0.25) is 0 Å². The van der Waals surface area contributed by atoms with E-state index in [1.807, 2.05) is 11.9 Å². The second kappa shape index (κ2) is 4.71. The van der Waals surface area contributed by atoms with Gasteiger partial charge in [0.05, 0.1) is 5.25 Å². The molecule has 1 aliphatic carbocycles. The molecule has 1 unspecified atom stereocenters. The van der Waals surface area contributed by atoms with Crippen molar-refractivity contribution in [2.75, 3.05) is 13.6 Å². The highest BCUT2D eigenvalue weighted by atomic mass is 32.2. The van der Waals surface area contributed by atoms with Gasteiger partial charge in [-0.3, -0.25) is 4.79 Å². The molecule has 0 bridgehead atoms. The van der Waals surface area contributed by atoms with Crippen molar-refractivity contribution in [3.8, 4) is 0 Å². The number of nitrogens with zero attached hydrogens (tertiary/aromatic N) is 1. The van der Waals surface area contributed by atoms with Crippen LogP contribution in [-0.2, 0) is 4.79 Å². The third kappa shape index (κ3) is 2.53. The van der Waals surface area contributed by atoms with Crippen LogP contribution in [0.3, 0.4) is 0 Å². The van der Waals surface area contributed by atoms with Crippen molar-refractivity contribution in [2.45, 2.75) is 18.1 Å². The Morgan fingerprint density at radius 1 is 1.47 bits per heavy atom. The Kier molecular flexibility index (Phi) is 3.31. The third-order valence-electron chi connectivity index (χ3n) is 2.61. The van der Waals surface area contributed by atoms with Crippen LogP contribution in [0.4, 0.5) is 0 Å². The summed E-state index contributed by atoms with van der Waals surface area (Å²) in [5.74, 6) is 0.266. The molecule has 1 aliphatic heterocycles. The predicted octanol–water partition coefficient (Wildman–Crippen LogP) is 2.35. The van der Waals surface area contributed by atoms with E-state index in [4.69, 9.17) is 0 Å². The molecule has 2 nitrogen and oxygen atoms in total. The molecule has 80 valence electrons. The number of hydrogen-bond donors (Lipinski definition) is 0. The Hall–Kier alpha value is -0.960. The molecule has 2 aliphatic rings. The summed E-state index contributed by atoms with van der Waals surface area (Å²) in [6.07, 6.45) is 12.5. The first-order valence-electron chi connectivity index (χ1n) is 5.22. The van der Waals surface area contributed by atoms with E-state index in [0.717, 1.165) is 19.4 Å². The summed E-state index contributed by atoms with van der Waals surface area (Å²) < 4.78 is 0. The van der Waals surface area contributed by atoms with Crippen LogP contribution in [0, 0.1) is 0 Å². The average molecular weight is 221 g/mol. The fourth-order valence-electron chi connectivity index (χ4n) is 1.70. The predicted molar refractivity (Wildman–Crippen MR) is 64.6 cm³/mol. The quantitative estimate of drug-likeness (QED) is 0.713. The van der Waals surface area contributed by atoms with E-state index in [1.54, 1.807) is 11.8 Å². The lowest BCUT2D eigenvalue weighted by Gasteiger charge is -2.09. The van der Waals surface area contributed by atoms with Crippen molar-refractivity contribution in [1.82, 2.24) is 4.90 Å². The average Bonchev–Trinajstić information content (AvgIpc) is 2.50. The molecule has 0 radical (unpaired) electrons. The van der Waals surface area contributed by atoms with Gasteiger partial charge in [0.15, 0.2) is 0 Å². The van der Waals surface area contributed by atoms with E-state index in [2.05, 4.69) is 30.4 Å². The molecule has 15 heavy (non-hydrogen) atoms. The Morgan fingerprint density at radius 2 is 2.33 bits per heavy atom. The van der Waals surface area contributed by atoms with Gasteiger partial charge in [0.25, 0.3) is 0 Å². The van der Waals surface area contributed by atoms with Crippen molar-refractivity contribution in [2.24, 2.45) is 0 Å². The molecule has 0 spiro atoms. The summed E-state index contributed by atoms with van der Waals surface area (Å²) >= 11 is 1.69. The van der Waals surface area contributed by atoms with Gasteiger partial charge in [-0.1, -0.05) is 24.3 Å². The minimum atomic E-state index is 0.123. The number of thioether (sulfide) groups is 1. The largest absolute Gasteiger partial charge is 0.345 e. The molecule has 0 aromatic rings. The molecule has 0 N–H and O–H groups in total. The summed E-state index contributed by atoms with van der Waals surface area (Å²) in [5.41, 5.74) is 0. The van der Waals surface area contributed by atoms with Crippen molar-refractivity contribution in [1.29, 1.82) is 0 Å². The van der Waals surface area contributed by atoms with Gasteiger partial charge < -0.3 is 4.90 Å². The van der Waals surface area contributed by atoms with E-state index in [-0.39, 0.29) is 11.2 Å². The second-order valence-corrected chi connectivity index (χ2v) is 5.07. The first kappa shape index (κ1) is 10.6. The SMILES string of the molecule is CN1CCC(SC2=CC=CCC=C2)C1=O. The maximum absolute atomic E-state index is 11.7. The molecule has 0 aromatic heterocycles. The standard InChI is InChI=1S/C12H15NOS/c1-13-9-8-11(12(13)14)15-10-6-4-2-3-5-7-10/h2,4-7,11H,3,8-9H2,1H3. The van der Waals surface area contributed by atoms with Crippen molar-refractivity contribution in [3.05, 3.63) is 35.3 Å². The number of carbonyl (C=O) groups is 1. The van der Waals surface area contributed by atoms with E-state index in [9.17, 15) is 4.79 Å². The van der Waals surface area contributed by atoms with Crippen LogP contribution in [0.15, 0.2) is 35.3 Å². The van der Waals surface area contributed by atoms with Crippen LogP contribution in [0.25, 0.3) is 0 Å². The molecular formula is C12H15NOS. The molecule has 3 heteroatoms. The lowest BCUT2D eigenvalue weighted by atomic mass is 10.4. The number of likely N-dealkylation sites (tertiary alicyclic amines) is 1. The fourth-order valence-corrected chi connectivity index (χ4v) is 2.87. The highest BCUT2D eigenvalue weighted by molar-refractivity contribution is 8.04. The normalized spacial score (nSPS) is 25.7. The first-order valence-corrected chi connectivity index (χ1v) is 6.10. The zero-order valence-corrected chi connectivity index (χ0v) is 9.67. The maximum Gasteiger partial charge on any atom is 0.235 e. The van der Waals surface area contributed by atoms with Crippen LogP contribution >= 0.6 is 11.8 Å². The number of carbonyl (C=O) groups excluding carboxylic acids is 1. The molecule has 1 amide bonds. The first-order chi connectivity index (χ1) is 7.27. The zero-order valence-electron chi connectivity index (χ0n) is 8.85. The second-order valence-electron chi connectivity index (χ2n) is 3.79. The van der Waals surface area contributed by atoms with Gasteiger partial charge in [0.2, 0.25) is 5.91 Å². The fraction of sp³-hybridized carbons (Fsp3) is 0.417. The van der Waals surface area contributed by atoms with Gasteiger partial charge in [0.1, 0.15) is 0 Å². The molecule has 2 rings (SSSR count). The Labute approximate surface area is 94.7 Å². The molecule has 0 aromatic carbocycles. The van der Waals surface area contributed by atoms with E-state index >= 15 is 0 Å². The lowest BCUT2D eigenvalue weighted by Crippen LogP contribution is -2.23. The Bertz CT molecular complexity index is 344. The number of allylic oxidation sites excluding steroid dienone is 5. The molecule has 0 saturated carbocycles. The molecule has 1 saturated heterocycles. The zero-order chi connectivity index (χ0) is 10.7. The van der Waals surface area contributed by atoms with Crippen LogP contribution in [0.1, 0.15) is 12.8 Å². The number of rotatable bonds is 2. The van der Waals surface area contributed by atoms with Gasteiger partial charge >= 0.3 is 0 Å². The Morgan fingerprint density at radius 3 is 3.07 bits per heavy atom.